The van der Waals surface area contributed by atoms with Crippen molar-refractivity contribution in [3.8, 4) is 0 Å². The minimum absolute atomic E-state index is 0.0195. The highest BCUT2D eigenvalue weighted by Gasteiger charge is 2.13. The summed E-state index contributed by atoms with van der Waals surface area (Å²) in [5, 5.41) is 25.7. The zero-order chi connectivity index (χ0) is 22.8. The van der Waals surface area contributed by atoms with Gasteiger partial charge in [0.15, 0.2) is 0 Å². The van der Waals surface area contributed by atoms with Gasteiger partial charge in [-0.25, -0.2) is 5.43 Å². The van der Waals surface area contributed by atoms with Gasteiger partial charge in [-0.1, -0.05) is 12.1 Å². The highest BCUT2D eigenvalue weighted by atomic mass is 32.2. The fourth-order valence-electron chi connectivity index (χ4n) is 2.79. The van der Waals surface area contributed by atoms with Crippen LogP contribution >= 0.6 is 11.8 Å². The van der Waals surface area contributed by atoms with Crippen LogP contribution in [0, 0.1) is 20.2 Å². The van der Waals surface area contributed by atoms with Crippen LogP contribution in [0.4, 0.5) is 17.1 Å². The zero-order valence-corrected chi connectivity index (χ0v) is 18.0. The molecule has 0 bridgehead atoms. The summed E-state index contributed by atoms with van der Waals surface area (Å²) in [6.45, 7) is 5.41. The van der Waals surface area contributed by atoms with Gasteiger partial charge in [0.25, 0.3) is 11.4 Å². The number of nitro groups is 2. The zero-order valence-electron chi connectivity index (χ0n) is 17.2. The molecule has 2 rings (SSSR count). The van der Waals surface area contributed by atoms with Gasteiger partial charge in [0.05, 0.1) is 21.8 Å². The summed E-state index contributed by atoms with van der Waals surface area (Å²) < 4.78 is 0. The normalized spacial score (nSPS) is 10.8. The minimum Gasteiger partial charge on any atom is -0.372 e. The van der Waals surface area contributed by atoms with E-state index in [0.717, 1.165) is 24.3 Å². The van der Waals surface area contributed by atoms with Gasteiger partial charge in [-0.3, -0.25) is 25.0 Å². The van der Waals surface area contributed by atoms with Crippen LogP contribution in [0.15, 0.2) is 47.6 Å². The summed E-state index contributed by atoms with van der Waals surface area (Å²) in [6, 6.07) is 10.7. The predicted molar refractivity (Wildman–Crippen MR) is 122 cm³/mol. The smallest absolute Gasteiger partial charge is 0.270 e. The molecular formula is C20H23N5O5S. The molecule has 1 amide bonds. The van der Waals surface area contributed by atoms with E-state index in [1.54, 1.807) is 18.2 Å². The number of anilines is 1. The van der Waals surface area contributed by atoms with Gasteiger partial charge in [0, 0.05) is 54.4 Å². The Kier molecular flexibility index (Phi) is 8.94. The second-order valence-electron chi connectivity index (χ2n) is 6.38. The Morgan fingerprint density at radius 1 is 1.06 bits per heavy atom. The first kappa shape index (κ1) is 23.8. The molecule has 2 aromatic rings. The molecule has 0 saturated heterocycles. The first-order chi connectivity index (χ1) is 14.8. The molecule has 31 heavy (non-hydrogen) atoms. The van der Waals surface area contributed by atoms with E-state index >= 15 is 0 Å². The summed E-state index contributed by atoms with van der Waals surface area (Å²) in [4.78, 5) is 34.9. The van der Waals surface area contributed by atoms with Crippen LogP contribution in [0.5, 0.6) is 0 Å². The number of carbonyl (C=O) groups is 1. The lowest BCUT2D eigenvalue weighted by atomic mass is 10.1. The molecule has 11 heteroatoms. The number of hydrazone groups is 1. The first-order valence-corrected chi connectivity index (χ1v) is 10.7. The average molecular weight is 446 g/mol. The third kappa shape index (κ3) is 7.07. The van der Waals surface area contributed by atoms with Crippen molar-refractivity contribution < 1.29 is 14.6 Å². The number of rotatable bonds is 11. The second kappa shape index (κ2) is 11.6. The Labute approximate surface area is 183 Å². The molecule has 0 heterocycles. The van der Waals surface area contributed by atoms with Crippen LogP contribution in [-0.2, 0) is 10.5 Å². The Hall–Kier alpha value is -3.47. The summed E-state index contributed by atoms with van der Waals surface area (Å²) in [7, 11) is 0. The van der Waals surface area contributed by atoms with Crippen molar-refractivity contribution in [2.24, 2.45) is 5.10 Å². The summed E-state index contributed by atoms with van der Waals surface area (Å²) in [5.41, 5.74) is 4.59. The lowest BCUT2D eigenvalue weighted by molar-refractivity contribution is -0.385. The molecule has 0 unspecified atom stereocenters. The Balaban J connectivity index is 1.94. The summed E-state index contributed by atoms with van der Waals surface area (Å²) >= 11 is 1.34. The van der Waals surface area contributed by atoms with Crippen molar-refractivity contribution in [3.63, 3.8) is 0 Å². The standard InChI is InChI=1S/C20H23N5O5S/c1-3-23(4-2)19-10-9-18(25(29)30)11-16(19)12-21-22-20(26)14-31-13-15-5-7-17(8-6-15)24(27)28/h5-12H,3-4,13-14H2,1-2H3,(H,22,26)/b21-12-. The van der Waals surface area contributed by atoms with E-state index in [0.29, 0.717) is 11.3 Å². The molecule has 0 aromatic heterocycles. The van der Waals surface area contributed by atoms with Crippen LogP contribution in [0.2, 0.25) is 0 Å². The monoisotopic (exact) mass is 445 g/mol. The quantitative estimate of drug-likeness (QED) is 0.317. The molecular weight excluding hydrogens is 422 g/mol. The first-order valence-electron chi connectivity index (χ1n) is 9.52. The minimum atomic E-state index is -0.475. The third-order valence-electron chi connectivity index (χ3n) is 4.37. The fraction of sp³-hybridized carbons (Fsp3) is 0.300. The average Bonchev–Trinajstić information content (AvgIpc) is 2.75. The highest BCUT2D eigenvalue weighted by Crippen LogP contribution is 2.24. The molecule has 0 fully saturated rings. The molecule has 0 aliphatic carbocycles. The molecule has 0 spiro atoms. The molecule has 0 aliphatic rings. The van der Waals surface area contributed by atoms with Crippen LogP contribution in [0.3, 0.4) is 0 Å². The van der Waals surface area contributed by atoms with E-state index in [1.807, 2.05) is 18.7 Å². The molecule has 0 radical (unpaired) electrons. The molecule has 10 nitrogen and oxygen atoms in total. The summed E-state index contributed by atoms with van der Waals surface area (Å²) in [6.07, 6.45) is 1.40. The van der Waals surface area contributed by atoms with Gasteiger partial charge in [-0.05, 0) is 25.5 Å². The number of thioether (sulfide) groups is 1. The second-order valence-corrected chi connectivity index (χ2v) is 7.37. The van der Waals surface area contributed by atoms with Gasteiger partial charge >= 0.3 is 0 Å². The number of non-ortho nitro benzene ring substituents is 2. The maximum Gasteiger partial charge on any atom is 0.270 e. The number of nitro benzene ring substituents is 2. The van der Waals surface area contributed by atoms with E-state index in [2.05, 4.69) is 10.5 Å². The SMILES string of the molecule is CCN(CC)c1ccc([N+](=O)[O-])cc1/C=N\NC(=O)CSCc1ccc([N+](=O)[O-])cc1. The maximum atomic E-state index is 12.0. The number of nitrogens with zero attached hydrogens (tertiary/aromatic N) is 4. The van der Waals surface area contributed by atoms with Gasteiger partial charge in [-0.2, -0.15) is 5.10 Å². The Bertz CT molecular complexity index is 961. The van der Waals surface area contributed by atoms with Gasteiger partial charge in [0.1, 0.15) is 0 Å². The molecule has 164 valence electrons. The highest BCUT2D eigenvalue weighted by molar-refractivity contribution is 7.99. The van der Waals surface area contributed by atoms with E-state index in [1.165, 1.54) is 42.2 Å². The topological polar surface area (TPSA) is 131 Å². The third-order valence-corrected chi connectivity index (χ3v) is 5.37. The van der Waals surface area contributed by atoms with E-state index < -0.39 is 9.85 Å². The van der Waals surface area contributed by atoms with E-state index in [4.69, 9.17) is 0 Å². The van der Waals surface area contributed by atoms with Crippen molar-refractivity contribution in [2.45, 2.75) is 19.6 Å². The number of hydrogen-bond donors (Lipinski definition) is 1. The van der Waals surface area contributed by atoms with Crippen LogP contribution in [-0.4, -0.2) is 40.8 Å². The lowest BCUT2D eigenvalue weighted by Gasteiger charge is -2.22. The lowest BCUT2D eigenvalue weighted by Crippen LogP contribution is -2.23. The van der Waals surface area contributed by atoms with E-state index in [-0.39, 0.29) is 23.0 Å². The van der Waals surface area contributed by atoms with Gasteiger partial charge in [0.2, 0.25) is 5.91 Å². The number of nitrogens with one attached hydrogen (secondary N) is 1. The molecule has 0 saturated carbocycles. The number of benzene rings is 2. The van der Waals surface area contributed by atoms with Crippen molar-refractivity contribution in [3.05, 3.63) is 73.8 Å². The van der Waals surface area contributed by atoms with Crippen molar-refractivity contribution in [1.82, 2.24) is 5.43 Å². The number of hydrogen-bond acceptors (Lipinski definition) is 8. The maximum absolute atomic E-state index is 12.0. The van der Waals surface area contributed by atoms with Crippen molar-refractivity contribution >= 4 is 40.9 Å². The van der Waals surface area contributed by atoms with Gasteiger partial charge in [-0.15, -0.1) is 11.8 Å². The van der Waals surface area contributed by atoms with Crippen LogP contribution in [0.1, 0.15) is 25.0 Å². The van der Waals surface area contributed by atoms with Crippen LogP contribution < -0.4 is 10.3 Å². The summed E-state index contributed by atoms with van der Waals surface area (Å²) in [5.74, 6) is 0.344. The largest absolute Gasteiger partial charge is 0.372 e. The molecule has 0 atom stereocenters. The fourth-order valence-corrected chi connectivity index (χ4v) is 3.57. The molecule has 1 N–H and O–H groups in total. The van der Waals surface area contributed by atoms with E-state index in [9.17, 15) is 25.0 Å². The Morgan fingerprint density at radius 2 is 1.68 bits per heavy atom. The van der Waals surface area contributed by atoms with Gasteiger partial charge < -0.3 is 4.90 Å². The number of amides is 1. The number of carbonyl (C=O) groups excluding carboxylic acids is 1. The van der Waals surface area contributed by atoms with Crippen LogP contribution in [0.25, 0.3) is 0 Å². The Morgan fingerprint density at radius 3 is 2.26 bits per heavy atom. The molecule has 0 aliphatic heterocycles. The molecule has 2 aromatic carbocycles. The predicted octanol–water partition coefficient (Wildman–Crippen LogP) is 3.73. The van der Waals surface area contributed by atoms with Crippen molar-refractivity contribution in [1.29, 1.82) is 0 Å². The van der Waals surface area contributed by atoms with Crippen molar-refractivity contribution in [2.75, 3.05) is 23.7 Å².